The Hall–Kier alpha value is -4.64. The molecule has 8 rings (SSSR count). The number of aryl methyl sites for hydroxylation is 3. The molecule has 4 heterocycles. The molecule has 11 nitrogen and oxygen atoms in total. The molecule has 0 aliphatic carbocycles. The molecule has 0 radical (unpaired) electrons. The second kappa shape index (κ2) is 20.7. The number of ether oxygens (including phenoxy) is 1. The normalized spacial score (nSPS) is 15.3. The van der Waals surface area contributed by atoms with E-state index in [4.69, 9.17) is 14.7 Å². The van der Waals surface area contributed by atoms with Crippen molar-refractivity contribution >= 4 is 53.0 Å². The van der Waals surface area contributed by atoms with Gasteiger partial charge in [0, 0.05) is 76.0 Å². The minimum atomic E-state index is -3.45. The van der Waals surface area contributed by atoms with Crippen LogP contribution in [0.1, 0.15) is 59.5 Å². The Labute approximate surface area is 375 Å². The number of aromatic nitrogens is 2. The molecule has 0 unspecified atom stereocenters. The highest BCUT2D eigenvalue weighted by molar-refractivity contribution is 7.89. The van der Waals surface area contributed by atoms with Crippen LogP contribution < -0.4 is 14.5 Å². The lowest BCUT2D eigenvalue weighted by Gasteiger charge is -2.33. The van der Waals surface area contributed by atoms with E-state index < -0.39 is 20.0 Å². The minimum absolute atomic E-state index is 0.360. The standard InChI is InChI=1S/C24H29N3O2S2.C23H27N3O3S2/c1-3-4-20-7-9-21(10-8-20)17-22-18-30-24(25-22)26-13-15-27(16-14-26)31(28,29)23-11-5-19(2)6-12-23;1-3-29-21-8-6-19(7-9-21)16-20-17-30-23(24-20)25-12-14-26(15-13-25)31(27,28)22-10-4-18(2)5-11-22/h5-12,18H,3-4,13-17H2,1-2H3;4-11,17H,3,12-16H2,1-2H3. The van der Waals surface area contributed by atoms with Crippen molar-refractivity contribution in [3.05, 3.63) is 147 Å². The van der Waals surface area contributed by atoms with E-state index in [0.717, 1.165) is 64.2 Å². The summed E-state index contributed by atoms with van der Waals surface area (Å²) in [4.78, 5) is 14.7. The lowest BCUT2D eigenvalue weighted by Crippen LogP contribution is -2.48. The zero-order valence-corrected chi connectivity index (χ0v) is 39.2. The van der Waals surface area contributed by atoms with Gasteiger partial charge in [-0.25, -0.2) is 26.8 Å². The van der Waals surface area contributed by atoms with Crippen molar-refractivity contribution in [1.29, 1.82) is 0 Å². The third kappa shape index (κ3) is 11.5. The van der Waals surface area contributed by atoms with Crippen molar-refractivity contribution in [2.75, 3.05) is 68.8 Å². The van der Waals surface area contributed by atoms with E-state index >= 15 is 0 Å². The van der Waals surface area contributed by atoms with Crippen LogP contribution in [0.2, 0.25) is 0 Å². The quantitative estimate of drug-likeness (QED) is 0.106. The van der Waals surface area contributed by atoms with Crippen LogP contribution >= 0.6 is 22.7 Å². The summed E-state index contributed by atoms with van der Waals surface area (Å²) in [5, 5.41) is 6.13. The van der Waals surface area contributed by atoms with Crippen LogP contribution in [0.3, 0.4) is 0 Å². The molecular formula is C47H56N6O5S4. The smallest absolute Gasteiger partial charge is 0.243 e. The van der Waals surface area contributed by atoms with E-state index in [-0.39, 0.29) is 0 Å². The molecule has 0 saturated carbocycles. The Morgan fingerprint density at radius 2 is 0.919 bits per heavy atom. The van der Waals surface area contributed by atoms with E-state index in [1.165, 1.54) is 16.7 Å². The van der Waals surface area contributed by atoms with Gasteiger partial charge in [-0.2, -0.15) is 8.61 Å². The summed E-state index contributed by atoms with van der Waals surface area (Å²) < 4.78 is 60.3. The van der Waals surface area contributed by atoms with Crippen molar-refractivity contribution in [3.63, 3.8) is 0 Å². The van der Waals surface area contributed by atoms with Gasteiger partial charge in [0.15, 0.2) is 10.3 Å². The second-order valence-corrected chi connectivity index (χ2v) is 21.2. The van der Waals surface area contributed by atoms with Gasteiger partial charge < -0.3 is 14.5 Å². The van der Waals surface area contributed by atoms with Gasteiger partial charge >= 0.3 is 0 Å². The second-order valence-electron chi connectivity index (χ2n) is 15.6. The summed E-state index contributed by atoms with van der Waals surface area (Å²) in [6.07, 6.45) is 3.87. The highest BCUT2D eigenvalue weighted by Crippen LogP contribution is 2.28. The number of sulfonamides is 2. The third-order valence-corrected chi connectivity index (χ3v) is 16.7. The van der Waals surface area contributed by atoms with Crippen LogP contribution in [0.5, 0.6) is 5.75 Å². The van der Waals surface area contributed by atoms with Crippen LogP contribution in [-0.4, -0.2) is 94.4 Å². The summed E-state index contributed by atoms with van der Waals surface area (Å²) in [6, 6.07) is 31.0. The number of anilines is 2. The summed E-state index contributed by atoms with van der Waals surface area (Å²) in [5.74, 6) is 0.878. The predicted molar refractivity (Wildman–Crippen MR) is 252 cm³/mol. The number of nitrogens with zero attached hydrogens (tertiary/aromatic N) is 6. The van der Waals surface area contributed by atoms with E-state index in [0.29, 0.717) is 68.8 Å². The van der Waals surface area contributed by atoms with Gasteiger partial charge in [0.25, 0.3) is 0 Å². The molecule has 328 valence electrons. The van der Waals surface area contributed by atoms with Gasteiger partial charge in [0.2, 0.25) is 20.0 Å². The molecule has 62 heavy (non-hydrogen) atoms. The largest absolute Gasteiger partial charge is 0.494 e. The lowest BCUT2D eigenvalue weighted by atomic mass is 10.1. The van der Waals surface area contributed by atoms with Crippen LogP contribution in [0.4, 0.5) is 10.3 Å². The maximum Gasteiger partial charge on any atom is 0.243 e. The van der Waals surface area contributed by atoms with E-state index in [1.807, 2.05) is 57.2 Å². The van der Waals surface area contributed by atoms with Crippen molar-refractivity contribution in [1.82, 2.24) is 18.6 Å². The number of rotatable bonds is 14. The summed E-state index contributed by atoms with van der Waals surface area (Å²) in [5.41, 5.74) is 8.04. The average molecular weight is 913 g/mol. The topological polar surface area (TPSA) is 116 Å². The predicted octanol–water partition coefficient (Wildman–Crippen LogP) is 8.46. The fourth-order valence-corrected chi connectivity index (χ4v) is 12.0. The van der Waals surface area contributed by atoms with Crippen molar-refractivity contribution in [3.8, 4) is 5.75 Å². The molecule has 2 saturated heterocycles. The van der Waals surface area contributed by atoms with E-state index in [2.05, 4.69) is 63.9 Å². The monoisotopic (exact) mass is 912 g/mol. The lowest BCUT2D eigenvalue weighted by molar-refractivity contribution is 0.340. The number of benzene rings is 4. The first-order valence-corrected chi connectivity index (χ1v) is 25.9. The maximum absolute atomic E-state index is 12.9. The van der Waals surface area contributed by atoms with Crippen molar-refractivity contribution < 1.29 is 21.6 Å². The summed E-state index contributed by atoms with van der Waals surface area (Å²) in [7, 11) is -6.89. The Morgan fingerprint density at radius 1 is 0.532 bits per heavy atom. The van der Waals surface area contributed by atoms with Gasteiger partial charge in [-0.1, -0.05) is 85.1 Å². The highest BCUT2D eigenvalue weighted by Gasteiger charge is 2.31. The van der Waals surface area contributed by atoms with Crippen molar-refractivity contribution in [2.24, 2.45) is 0 Å². The molecule has 2 aromatic heterocycles. The molecule has 2 aliphatic heterocycles. The summed E-state index contributed by atoms with van der Waals surface area (Å²) in [6.45, 7) is 13.2. The van der Waals surface area contributed by atoms with Gasteiger partial charge in [-0.15, -0.1) is 22.7 Å². The fourth-order valence-electron chi connectivity index (χ4n) is 7.40. The third-order valence-electron chi connectivity index (χ3n) is 11.0. The zero-order valence-electron chi connectivity index (χ0n) is 35.9. The number of piperazine rings is 2. The average Bonchev–Trinajstić information content (AvgIpc) is 3.96. The van der Waals surface area contributed by atoms with Crippen LogP contribution in [0.25, 0.3) is 0 Å². The van der Waals surface area contributed by atoms with Gasteiger partial charge in [-0.3, -0.25) is 0 Å². The maximum atomic E-state index is 12.9. The molecule has 0 bridgehead atoms. The van der Waals surface area contributed by atoms with Crippen molar-refractivity contribution in [2.45, 2.75) is 63.2 Å². The van der Waals surface area contributed by atoms with Gasteiger partial charge in [-0.05, 0) is 80.3 Å². The Morgan fingerprint density at radius 3 is 1.31 bits per heavy atom. The number of hydrogen-bond acceptors (Lipinski definition) is 11. The fraction of sp³-hybridized carbons (Fsp3) is 0.362. The number of hydrogen-bond donors (Lipinski definition) is 0. The first-order valence-electron chi connectivity index (χ1n) is 21.2. The van der Waals surface area contributed by atoms with E-state index in [9.17, 15) is 16.8 Å². The molecule has 2 fully saturated rings. The first kappa shape index (κ1) is 45.4. The SMILES string of the molecule is CCCc1ccc(Cc2csc(N3CCN(S(=O)(=O)c4ccc(C)cc4)CC3)n2)cc1.CCOc1ccc(Cc2csc(N3CCN(S(=O)(=O)c4ccc(C)cc4)CC3)n2)cc1. The van der Waals surface area contributed by atoms with E-state index in [1.54, 1.807) is 55.5 Å². The first-order chi connectivity index (χ1) is 29.9. The molecule has 4 aromatic carbocycles. The van der Waals surface area contributed by atoms with Crippen LogP contribution in [0.15, 0.2) is 118 Å². The van der Waals surface area contributed by atoms with Crippen LogP contribution in [0, 0.1) is 13.8 Å². The Balaban J connectivity index is 0.000000186. The highest BCUT2D eigenvalue weighted by atomic mass is 32.2. The van der Waals surface area contributed by atoms with Gasteiger partial charge in [0.1, 0.15) is 5.75 Å². The zero-order chi connectivity index (χ0) is 43.7. The molecule has 0 amide bonds. The Bertz CT molecular complexity index is 2380. The van der Waals surface area contributed by atoms with Gasteiger partial charge in [0.05, 0.1) is 27.8 Å². The molecule has 0 atom stereocenters. The molecule has 0 spiro atoms. The molecular weight excluding hydrogens is 857 g/mol. The summed E-state index contributed by atoms with van der Waals surface area (Å²) >= 11 is 3.26. The minimum Gasteiger partial charge on any atom is -0.494 e. The van der Waals surface area contributed by atoms with Crippen LogP contribution in [-0.2, 0) is 39.3 Å². The molecule has 0 N–H and O–H groups in total. The Kier molecular flexibility index (Phi) is 15.1. The molecule has 6 aromatic rings. The number of thiazole rings is 2. The molecule has 15 heteroatoms. The molecule has 2 aliphatic rings.